The van der Waals surface area contributed by atoms with Crippen molar-refractivity contribution in [3.8, 4) is 10.8 Å². The Balaban J connectivity index is 1.96. The zero-order chi connectivity index (χ0) is 14.5. The first-order valence-corrected chi connectivity index (χ1v) is 7.73. The average Bonchev–Trinajstić information content (AvgIpc) is 2.91. The summed E-state index contributed by atoms with van der Waals surface area (Å²) >= 11 is 1.62. The molecule has 0 aliphatic heterocycles. The number of rotatable bonds is 2. The van der Waals surface area contributed by atoms with Gasteiger partial charge in [0.2, 0.25) is 0 Å². The van der Waals surface area contributed by atoms with Crippen LogP contribution in [0.2, 0.25) is 0 Å². The molecule has 1 saturated carbocycles. The smallest absolute Gasteiger partial charge is 0.269 e. The fourth-order valence-corrected chi connectivity index (χ4v) is 3.26. The number of thiazole rings is 1. The molecular weight excluding hydrogens is 272 g/mol. The second kappa shape index (κ2) is 4.36. The molecule has 0 saturated heterocycles. The SMILES string of the molecule is Cc1nc(C(C)(C)C)sc1-c1nc(C2(N)CCC2)no1. The molecule has 0 radical (unpaired) electrons. The number of hydrogen-bond donors (Lipinski definition) is 1. The molecule has 108 valence electrons. The maximum atomic E-state index is 6.23. The number of nitrogens with zero attached hydrogens (tertiary/aromatic N) is 3. The molecule has 6 heteroatoms. The van der Waals surface area contributed by atoms with Gasteiger partial charge in [0.05, 0.1) is 16.2 Å². The van der Waals surface area contributed by atoms with Gasteiger partial charge in [0.25, 0.3) is 5.89 Å². The van der Waals surface area contributed by atoms with Crippen molar-refractivity contribution in [3.63, 3.8) is 0 Å². The topological polar surface area (TPSA) is 77.8 Å². The van der Waals surface area contributed by atoms with Crippen LogP contribution in [-0.4, -0.2) is 15.1 Å². The molecule has 2 aromatic heterocycles. The molecule has 1 aliphatic rings. The second-order valence-corrected chi connectivity index (χ2v) is 7.62. The van der Waals surface area contributed by atoms with Crippen molar-refractivity contribution in [1.29, 1.82) is 0 Å². The lowest BCUT2D eigenvalue weighted by Crippen LogP contribution is -2.44. The lowest BCUT2D eigenvalue weighted by Gasteiger charge is -2.34. The van der Waals surface area contributed by atoms with E-state index in [0.717, 1.165) is 34.8 Å². The van der Waals surface area contributed by atoms with Crippen molar-refractivity contribution in [1.82, 2.24) is 15.1 Å². The van der Waals surface area contributed by atoms with Gasteiger partial charge in [0, 0.05) is 5.41 Å². The van der Waals surface area contributed by atoms with Crippen LogP contribution in [-0.2, 0) is 11.0 Å². The largest absolute Gasteiger partial charge is 0.333 e. The second-order valence-electron chi connectivity index (χ2n) is 6.62. The third kappa shape index (κ3) is 2.16. The Morgan fingerprint density at radius 2 is 1.95 bits per heavy atom. The van der Waals surface area contributed by atoms with E-state index < -0.39 is 0 Å². The minimum atomic E-state index is -0.382. The lowest BCUT2D eigenvalue weighted by atomic mass is 9.77. The van der Waals surface area contributed by atoms with Gasteiger partial charge >= 0.3 is 0 Å². The first-order chi connectivity index (χ1) is 9.29. The van der Waals surface area contributed by atoms with Gasteiger partial charge in [-0.1, -0.05) is 25.9 Å². The highest BCUT2D eigenvalue weighted by Gasteiger charge is 2.39. The Morgan fingerprint density at radius 1 is 1.25 bits per heavy atom. The molecule has 0 amide bonds. The minimum absolute atomic E-state index is 0.0274. The van der Waals surface area contributed by atoms with E-state index in [1.54, 1.807) is 11.3 Å². The first kappa shape index (κ1) is 13.7. The van der Waals surface area contributed by atoms with Crippen LogP contribution in [0.25, 0.3) is 10.8 Å². The highest BCUT2D eigenvalue weighted by Crippen LogP contribution is 2.39. The van der Waals surface area contributed by atoms with Gasteiger partial charge in [-0.3, -0.25) is 0 Å². The van der Waals surface area contributed by atoms with Crippen molar-refractivity contribution in [2.45, 2.75) is 57.9 Å². The van der Waals surface area contributed by atoms with E-state index in [4.69, 9.17) is 10.3 Å². The zero-order valence-corrected chi connectivity index (χ0v) is 13.2. The molecule has 0 atom stereocenters. The minimum Gasteiger partial charge on any atom is -0.333 e. The van der Waals surface area contributed by atoms with Crippen molar-refractivity contribution in [3.05, 3.63) is 16.5 Å². The van der Waals surface area contributed by atoms with E-state index in [-0.39, 0.29) is 11.0 Å². The lowest BCUT2D eigenvalue weighted by molar-refractivity contribution is 0.229. The van der Waals surface area contributed by atoms with Gasteiger partial charge in [-0.25, -0.2) is 4.98 Å². The summed E-state index contributed by atoms with van der Waals surface area (Å²) in [4.78, 5) is 10.1. The molecule has 3 rings (SSSR count). The maximum Gasteiger partial charge on any atom is 0.269 e. The van der Waals surface area contributed by atoms with E-state index in [1.807, 2.05) is 6.92 Å². The monoisotopic (exact) mass is 292 g/mol. The summed E-state index contributed by atoms with van der Waals surface area (Å²) in [5.41, 5.74) is 6.82. The van der Waals surface area contributed by atoms with E-state index >= 15 is 0 Å². The number of nitrogens with two attached hydrogens (primary N) is 1. The Kier molecular flexibility index (Phi) is 2.99. The van der Waals surface area contributed by atoms with Gasteiger partial charge in [-0.2, -0.15) is 4.98 Å². The third-order valence-electron chi connectivity index (χ3n) is 3.75. The summed E-state index contributed by atoms with van der Waals surface area (Å²) in [5, 5.41) is 5.15. The zero-order valence-electron chi connectivity index (χ0n) is 12.4. The molecular formula is C14H20N4OS. The van der Waals surface area contributed by atoms with E-state index in [0.29, 0.717) is 11.7 Å². The summed E-state index contributed by atoms with van der Waals surface area (Å²) in [5.74, 6) is 1.17. The van der Waals surface area contributed by atoms with E-state index in [2.05, 4.69) is 35.9 Å². The number of aryl methyl sites for hydroxylation is 1. The van der Waals surface area contributed by atoms with Gasteiger partial charge in [0.15, 0.2) is 5.82 Å². The third-order valence-corrected chi connectivity index (χ3v) is 5.32. The molecule has 0 aromatic carbocycles. The molecule has 1 aliphatic carbocycles. The summed E-state index contributed by atoms with van der Waals surface area (Å²) in [6, 6.07) is 0. The average molecular weight is 292 g/mol. The molecule has 5 nitrogen and oxygen atoms in total. The van der Waals surface area contributed by atoms with Gasteiger partial charge in [-0.15, -0.1) is 11.3 Å². The van der Waals surface area contributed by atoms with Crippen molar-refractivity contribution in [2.75, 3.05) is 0 Å². The molecule has 0 unspecified atom stereocenters. The van der Waals surface area contributed by atoms with Crippen molar-refractivity contribution in [2.24, 2.45) is 5.73 Å². The summed E-state index contributed by atoms with van der Waals surface area (Å²) < 4.78 is 5.41. The molecule has 20 heavy (non-hydrogen) atoms. The predicted octanol–water partition coefficient (Wildman–Crippen LogP) is 3.14. The highest BCUT2D eigenvalue weighted by molar-refractivity contribution is 7.15. The Hall–Kier alpha value is -1.27. The highest BCUT2D eigenvalue weighted by atomic mass is 32.1. The van der Waals surface area contributed by atoms with Crippen LogP contribution in [0.5, 0.6) is 0 Å². The molecule has 2 heterocycles. The molecule has 1 fully saturated rings. The van der Waals surface area contributed by atoms with Crippen molar-refractivity contribution >= 4 is 11.3 Å². The quantitative estimate of drug-likeness (QED) is 0.920. The Labute approximate surface area is 122 Å². The fraction of sp³-hybridized carbons (Fsp3) is 0.643. The van der Waals surface area contributed by atoms with Gasteiger partial charge in [0.1, 0.15) is 4.88 Å². The fourth-order valence-electron chi connectivity index (χ4n) is 2.21. The standard InChI is InChI=1S/C14H20N4OS/c1-8-9(20-12(16-8)13(2,3)4)10-17-11(18-19-10)14(15)6-5-7-14/h5-7,15H2,1-4H3. The summed E-state index contributed by atoms with van der Waals surface area (Å²) in [6.07, 6.45) is 3.00. The van der Waals surface area contributed by atoms with Crippen molar-refractivity contribution < 1.29 is 4.52 Å². The first-order valence-electron chi connectivity index (χ1n) is 6.91. The van der Waals surface area contributed by atoms with E-state index in [1.165, 1.54) is 0 Å². The van der Waals surface area contributed by atoms with E-state index in [9.17, 15) is 0 Å². The molecule has 0 bridgehead atoms. The molecule has 2 aromatic rings. The molecule has 0 spiro atoms. The van der Waals surface area contributed by atoms with Gasteiger partial charge in [-0.05, 0) is 26.2 Å². The van der Waals surface area contributed by atoms with Crippen LogP contribution < -0.4 is 5.73 Å². The summed E-state index contributed by atoms with van der Waals surface area (Å²) in [7, 11) is 0. The van der Waals surface area contributed by atoms with Crippen LogP contribution in [0.1, 0.15) is 56.6 Å². The Bertz CT molecular complexity index is 634. The summed E-state index contributed by atoms with van der Waals surface area (Å²) in [6.45, 7) is 8.43. The van der Waals surface area contributed by atoms with Crippen LogP contribution in [0.3, 0.4) is 0 Å². The van der Waals surface area contributed by atoms with Crippen LogP contribution >= 0.6 is 11.3 Å². The Morgan fingerprint density at radius 3 is 2.45 bits per heavy atom. The molecule has 2 N–H and O–H groups in total. The maximum absolute atomic E-state index is 6.23. The van der Waals surface area contributed by atoms with Crippen LogP contribution in [0.15, 0.2) is 4.52 Å². The number of hydrogen-bond acceptors (Lipinski definition) is 6. The number of aromatic nitrogens is 3. The van der Waals surface area contributed by atoms with Crippen LogP contribution in [0.4, 0.5) is 0 Å². The van der Waals surface area contributed by atoms with Crippen LogP contribution in [0, 0.1) is 6.92 Å². The predicted molar refractivity (Wildman–Crippen MR) is 78.6 cm³/mol. The normalized spacial score (nSPS) is 18.1. The van der Waals surface area contributed by atoms with Gasteiger partial charge < -0.3 is 10.3 Å².